The van der Waals surface area contributed by atoms with E-state index in [1.165, 1.54) is 19.3 Å². The van der Waals surface area contributed by atoms with Crippen LogP contribution in [0.15, 0.2) is 55.0 Å². The molecule has 3 heterocycles. The third-order valence-electron chi connectivity index (χ3n) is 5.19. The lowest BCUT2D eigenvalue weighted by atomic mass is 10.0. The van der Waals surface area contributed by atoms with E-state index in [-0.39, 0.29) is 30.4 Å². The summed E-state index contributed by atoms with van der Waals surface area (Å²) in [6.45, 7) is -0.104. The number of hydrogen-bond donors (Lipinski definition) is 2. The number of nitrogens with zero attached hydrogens (tertiary/aromatic N) is 4. The molecule has 4 aromatic rings. The molecule has 8 nitrogen and oxygen atoms in total. The molecule has 2 N–H and O–H groups in total. The number of aromatic nitrogens is 4. The average Bonchev–Trinajstić information content (AvgIpc) is 3.18. The van der Waals surface area contributed by atoms with Crippen LogP contribution in [0.4, 0.5) is 0 Å². The summed E-state index contributed by atoms with van der Waals surface area (Å²) in [5.41, 5.74) is 3.85. The van der Waals surface area contributed by atoms with Crippen molar-refractivity contribution in [3.05, 3.63) is 77.6 Å². The van der Waals surface area contributed by atoms with Crippen LogP contribution in [0.25, 0.3) is 21.9 Å². The van der Waals surface area contributed by atoms with Crippen LogP contribution in [0.3, 0.4) is 0 Å². The van der Waals surface area contributed by atoms with Gasteiger partial charge < -0.3 is 10.4 Å². The molecule has 0 saturated carbocycles. The first-order valence-electron chi connectivity index (χ1n) is 9.72. The Bertz CT molecular complexity index is 1280. The molecule has 4 rings (SSSR count). The molecule has 0 fully saturated rings. The normalized spacial score (nSPS) is 10.9. The summed E-state index contributed by atoms with van der Waals surface area (Å²) >= 11 is 0. The second-order valence-electron chi connectivity index (χ2n) is 7.14. The minimum absolute atomic E-state index is 0.104. The van der Waals surface area contributed by atoms with Gasteiger partial charge in [0.2, 0.25) is 0 Å². The third-order valence-corrected chi connectivity index (χ3v) is 5.19. The molecule has 0 atom stereocenters. The quantitative estimate of drug-likeness (QED) is 0.468. The summed E-state index contributed by atoms with van der Waals surface area (Å²) in [7, 11) is 3.32. The standard InChI is InChI=1S/C23H21N5O3/c1-24-23(31)20-6-5-16(11-26-20)22(30)9-18-8-17-7-14(3-4-15(17)10-25-18)19-12-27-28(2)21(19)13-29/h3-8,10-12,29H,9,13H2,1-2H3,(H,24,31). The lowest BCUT2D eigenvalue weighted by Crippen LogP contribution is -2.19. The minimum Gasteiger partial charge on any atom is -0.390 e. The van der Waals surface area contributed by atoms with Crippen LogP contribution < -0.4 is 5.32 Å². The van der Waals surface area contributed by atoms with E-state index in [1.807, 2.05) is 24.3 Å². The molecular weight excluding hydrogens is 394 g/mol. The van der Waals surface area contributed by atoms with Gasteiger partial charge in [0.1, 0.15) is 5.69 Å². The largest absolute Gasteiger partial charge is 0.390 e. The number of carbonyl (C=O) groups is 2. The molecule has 0 spiro atoms. The van der Waals surface area contributed by atoms with E-state index in [1.54, 1.807) is 30.2 Å². The predicted octanol–water partition coefficient (Wildman–Crippen LogP) is 2.31. The van der Waals surface area contributed by atoms with Gasteiger partial charge in [0.05, 0.1) is 24.9 Å². The molecule has 0 aliphatic heterocycles. The smallest absolute Gasteiger partial charge is 0.269 e. The first kappa shape index (κ1) is 20.4. The lowest BCUT2D eigenvalue weighted by molar-refractivity contribution is 0.0953. The number of hydrogen-bond acceptors (Lipinski definition) is 6. The number of ketones is 1. The monoisotopic (exact) mass is 415 g/mol. The summed E-state index contributed by atoms with van der Waals surface area (Å²) in [5, 5.41) is 18.3. The molecule has 0 saturated heterocycles. The number of rotatable bonds is 6. The van der Waals surface area contributed by atoms with Gasteiger partial charge in [-0.25, -0.2) is 0 Å². The Hall–Kier alpha value is -3.91. The molecular formula is C23H21N5O3. The fraction of sp³-hybridized carbons (Fsp3) is 0.174. The highest BCUT2D eigenvalue weighted by atomic mass is 16.3. The van der Waals surface area contributed by atoms with Crippen LogP contribution in [0.2, 0.25) is 0 Å². The Morgan fingerprint density at radius 1 is 1.03 bits per heavy atom. The van der Waals surface area contributed by atoms with Crippen molar-refractivity contribution in [2.24, 2.45) is 7.05 Å². The zero-order valence-corrected chi connectivity index (χ0v) is 17.2. The molecule has 8 heteroatoms. The van der Waals surface area contributed by atoms with Gasteiger partial charge in [0.25, 0.3) is 5.91 Å². The van der Waals surface area contributed by atoms with E-state index >= 15 is 0 Å². The highest BCUT2D eigenvalue weighted by molar-refractivity contribution is 5.99. The fourth-order valence-corrected chi connectivity index (χ4v) is 3.43. The van der Waals surface area contributed by atoms with Crippen molar-refractivity contribution in [1.82, 2.24) is 25.1 Å². The third kappa shape index (κ3) is 4.06. The van der Waals surface area contributed by atoms with Crippen LogP contribution in [0.1, 0.15) is 32.2 Å². The Kier molecular flexibility index (Phi) is 5.55. The van der Waals surface area contributed by atoms with E-state index in [0.29, 0.717) is 11.3 Å². The van der Waals surface area contributed by atoms with Gasteiger partial charge in [-0.15, -0.1) is 0 Å². The molecule has 1 aromatic carbocycles. The van der Waals surface area contributed by atoms with E-state index < -0.39 is 0 Å². The van der Waals surface area contributed by atoms with Crippen LogP contribution >= 0.6 is 0 Å². The number of nitrogens with one attached hydrogen (secondary N) is 1. The zero-order chi connectivity index (χ0) is 22.0. The maximum absolute atomic E-state index is 12.7. The number of pyridine rings is 2. The maximum atomic E-state index is 12.7. The van der Waals surface area contributed by atoms with Gasteiger partial charge in [-0.05, 0) is 35.2 Å². The van der Waals surface area contributed by atoms with Gasteiger partial charge in [-0.1, -0.05) is 12.1 Å². The highest BCUT2D eigenvalue weighted by Crippen LogP contribution is 2.27. The Morgan fingerprint density at radius 2 is 1.87 bits per heavy atom. The first-order chi connectivity index (χ1) is 15.0. The van der Waals surface area contributed by atoms with Crippen molar-refractivity contribution in [3.8, 4) is 11.1 Å². The maximum Gasteiger partial charge on any atom is 0.269 e. The molecule has 0 bridgehead atoms. The second kappa shape index (κ2) is 8.45. The summed E-state index contributed by atoms with van der Waals surface area (Å²) in [4.78, 5) is 32.7. The van der Waals surface area contributed by atoms with Gasteiger partial charge in [-0.2, -0.15) is 5.10 Å². The molecule has 156 valence electrons. The zero-order valence-electron chi connectivity index (χ0n) is 17.2. The second-order valence-corrected chi connectivity index (χ2v) is 7.14. The Labute approximate surface area is 178 Å². The number of aliphatic hydroxyl groups is 1. The van der Waals surface area contributed by atoms with E-state index in [0.717, 1.165) is 27.6 Å². The number of carbonyl (C=O) groups excluding carboxylic acids is 2. The number of aliphatic hydroxyl groups excluding tert-OH is 1. The molecule has 0 radical (unpaired) electrons. The fourth-order valence-electron chi connectivity index (χ4n) is 3.43. The van der Waals surface area contributed by atoms with Gasteiger partial charge in [0.15, 0.2) is 5.78 Å². The summed E-state index contributed by atoms with van der Waals surface area (Å²) < 4.78 is 1.65. The van der Waals surface area contributed by atoms with Gasteiger partial charge in [-0.3, -0.25) is 24.2 Å². The Balaban J connectivity index is 1.59. The van der Waals surface area contributed by atoms with Crippen molar-refractivity contribution in [2.45, 2.75) is 13.0 Å². The van der Waals surface area contributed by atoms with Crippen molar-refractivity contribution < 1.29 is 14.7 Å². The van der Waals surface area contributed by atoms with E-state index in [2.05, 4.69) is 20.4 Å². The Morgan fingerprint density at radius 3 is 2.58 bits per heavy atom. The number of Topliss-reactive ketones (excluding diaryl/α,β-unsaturated/α-hetero) is 1. The molecule has 1 amide bonds. The van der Waals surface area contributed by atoms with Crippen LogP contribution in [0, 0.1) is 0 Å². The predicted molar refractivity (Wildman–Crippen MR) is 116 cm³/mol. The average molecular weight is 415 g/mol. The number of aryl methyl sites for hydroxylation is 1. The lowest BCUT2D eigenvalue weighted by Gasteiger charge is -2.07. The molecule has 0 aliphatic rings. The van der Waals surface area contributed by atoms with Crippen LogP contribution in [-0.2, 0) is 20.1 Å². The van der Waals surface area contributed by atoms with Crippen molar-refractivity contribution in [1.29, 1.82) is 0 Å². The number of benzene rings is 1. The van der Waals surface area contributed by atoms with Crippen LogP contribution in [0.5, 0.6) is 0 Å². The van der Waals surface area contributed by atoms with Gasteiger partial charge >= 0.3 is 0 Å². The van der Waals surface area contributed by atoms with Crippen molar-refractivity contribution >= 4 is 22.5 Å². The highest BCUT2D eigenvalue weighted by Gasteiger charge is 2.13. The topological polar surface area (TPSA) is 110 Å². The van der Waals surface area contributed by atoms with Gasteiger partial charge in [0, 0.05) is 48.7 Å². The number of amides is 1. The first-order valence-corrected chi connectivity index (χ1v) is 9.72. The minimum atomic E-state index is -0.302. The molecule has 3 aromatic heterocycles. The summed E-state index contributed by atoms with van der Waals surface area (Å²) in [6.07, 6.45) is 5.00. The molecule has 0 aliphatic carbocycles. The van der Waals surface area contributed by atoms with E-state index in [9.17, 15) is 14.7 Å². The SMILES string of the molecule is CNC(=O)c1ccc(C(=O)Cc2cc3cc(-c4cnn(C)c4CO)ccc3cn2)cn1. The molecule has 0 unspecified atom stereocenters. The van der Waals surface area contributed by atoms with Crippen molar-refractivity contribution in [3.63, 3.8) is 0 Å². The molecule has 31 heavy (non-hydrogen) atoms. The van der Waals surface area contributed by atoms with E-state index in [4.69, 9.17) is 0 Å². The van der Waals surface area contributed by atoms with Crippen molar-refractivity contribution in [2.75, 3.05) is 7.05 Å². The van der Waals surface area contributed by atoms with Crippen LogP contribution in [-0.4, -0.2) is 43.6 Å². The number of fused-ring (bicyclic) bond motifs is 1. The summed E-state index contributed by atoms with van der Waals surface area (Å²) in [5.74, 6) is -0.433. The summed E-state index contributed by atoms with van der Waals surface area (Å²) in [6, 6.07) is 10.9.